The van der Waals surface area contributed by atoms with E-state index in [1.165, 1.54) is 11.8 Å². The minimum atomic E-state index is -0.454. The molecule has 3 aromatic carbocycles. The van der Waals surface area contributed by atoms with E-state index in [0.717, 1.165) is 5.56 Å². The molecule has 0 bridgehead atoms. The molecule has 0 aromatic heterocycles. The number of nitrogens with zero attached hydrogens (tertiary/aromatic N) is 1. The monoisotopic (exact) mass is 456 g/mol. The lowest BCUT2D eigenvalue weighted by Gasteiger charge is -2.29. The smallest absolute Gasteiger partial charge is 0.258 e. The first-order valence-corrected chi connectivity index (χ1v) is 10.8. The Kier molecular flexibility index (Phi) is 6.68. The van der Waals surface area contributed by atoms with Crippen molar-refractivity contribution >= 4 is 40.7 Å². The van der Waals surface area contributed by atoms with Crippen molar-refractivity contribution in [1.29, 1.82) is 0 Å². The predicted molar refractivity (Wildman–Crippen MR) is 129 cm³/mol. The Morgan fingerprint density at radius 3 is 2.32 bits per heavy atom. The highest BCUT2D eigenvalue weighted by Crippen LogP contribution is 2.30. The minimum absolute atomic E-state index is 0.0595. The van der Waals surface area contributed by atoms with Crippen LogP contribution < -0.4 is 20.9 Å². The zero-order valence-electron chi connectivity index (χ0n) is 18.6. The summed E-state index contributed by atoms with van der Waals surface area (Å²) in [6, 6.07) is 22.4. The second kappa shape index (κ2) is 9.99. The first-order chi connectivity index (χ1) is 16.4. The zero-order chi connectivity index (χ0) is 24.1. The topological polar surface area (TPSA) is 108 Å². The molecule has 1 unspecified atom stereocenters. The third kappa shape index (κ3) is 5.29. The summed E-state index contributed by atoms with van der Waals surface area (Å²) in [5.41, 5.74) is 2.97. The first kappa shape index (κ1) is 22.7. The zero-order valence-corrected chi connectivity index (χ0v) is 18.6. The van der Waals surface area contributed by atoms with Gasteiger partial charge in [0.1, 0.15) is 6.54 Å². The average Bonchev–Trinajstić information content (AvgIpc) is 2.83. The second-order valence-corrected chi connectivity index (χ2v) is 7.95. The Hall–Kier alpha value is -4.46. The van der Waals surface area contributed by atoms with E-state index in [9.17, 15) is 19.2 Å². The van der Waals surface area contributed by atoms with Crippen LogP contribution in [0.15, 0.2) is 78.9 Å². The number of amides is 4. The molecule has 1 atom stereocenters. The molecule has 3 N–H and O–H groups in total. The Morgan fingerprint density at radius 1 is 0.941 bits per heavy atom. The molecular weight excluding hydrogens is 432 g/mol. The van der Waals surface area contributed by atoms with E-state index < -0.39 is 6.04 Å². The molecule has 3 aromatic rings. The fourth-order valence-electron chi connectivity index (χ4n) is 3.85. The van der Waals surface area contributed by atoms with E-state index >= 15 is 0 Å². The van der Waals surface area contributed by atoms with Gasteiger partial charge in [0, 0.05) is 18.2 Å². The van der Waals surface area contributed by atoms with Gasteiger partial charge >= 0.3 is 0 Å². The van der Waals surface area contributed by atoms with Crippen molar-refractivity contribution in [3.05, 3.63) is 90.0 Å². The van der Waals surface area contributed by atoms with Crippen LogP contribution in [0, 0.1) is 0 Å². The lowest BCUT2D eigenvalue weighted by molar-refractivity contribution is -0.120. The SMILES string of the molecule is CC(=O)NC(CC(=O)Nc1ccc(C(=O)N2CC(=O)Nc3ccccc32)cc1)c1ccccc1. The number of carbonyl (C=O) groups excluding carboxylic acids is 4. The number of nitrogens with one attached hydrogen (secondary N) is 3. The summed E-state index contributed by atoms with van der Waals surface area (Å²) in [6.45, 7) is 1.34. The van der Waals surface area contributed by atoms with E-state index in [4.69, 9.17) is 0 Å². The summed E-state index contributed by atoms with van der Waals surface area (Å²) in [6.07, 6.45) is 0.0595. The van der Waals surface area contributed by atoms with E-state index in [1.807, 2.05) is 30.3 Å². The highest BCUT2D eigenvalue weighted by Gasteiger charge is 2.27. The molecule has 1 aliphatic heterocycles. The van der Waals surface area contributed by atoms with E-state index in [2.05, 4.69) is 16.0 Å². The number of anilines is 3. The molecule has 0 fully saturated rings. The molecule has 4 rings (SSSR count). The van der Waals surface area contributed by atoms with Gasteiger partial charge < -0.3 is 16.0 Å². The van der Waals surface area contributed by atoms with Gasteiger partial charge in [-0.2, -0.15) is 0 Å². The molecule has 0 radical (unpaired) electrons. The Bertz CT molecular complexity index is 1230. The van der Waals surface area contributed by atoms with Crippen LogP contribution >= 0.6 is 0 Å². The van der Waals surface area contributed by atoms with Gasteiger partial charge in [0.2, 0.25) is 17.7 Å². The Labute approximate surface area is 197 Å². The largest absolute Gasteiger partial charge is 0.349 e. The van der Waals surface area contributed by atoms with E-state index in [1.54, 1.807) is 48.5 Å². The molecule has 0 saturated heterocycles. The predicted octanol–water partition coefficient (Wildman–Crippen LogP) is 3.49. The standard InChI is InChI=1S/C26H24N4O4/c1-17(31)27-22(18-7-3-2-4-8-18)15-24(32)28-20-13-11-19(12-14-20)26(34)30-16-25(33)29-21-9-5-6-10-23(21)30/h2-14,22H,15-16H2,1H3,(H,27,31)(H,28,32)(H,29,33). The van der Waals surface area contributed by atoms with Crippen molar-refractivity contribution in [2.24, 2.45) is 0 Å². The lowest BCUT2D eigenvalue weighted by atomic mass is 10.0. The molecule has 172 valence electrons. The molecule has 34 heavy (non-hydrogen) atoms. The van der Waals surface area contributed by atoms with Crippen LogP contribution in [0.3, 0.4) is 0 Å². The third-order valence-corrected chi connectivity index (χ3v) is 5.40. The van der Waals surface area contributed by atoms with Gasteiger partial charge in [-0.05, 0) is 42.0 Å². The molecule has 8 nitrogen and oxygen atoms in total. The van der Waals surface area contributed by atoms with Gasteiger partial charge in [-0.25, -0.2) is 0 Å². The van der Waals surface area contributed by atoms with Crippen molar-refractivity contribution in [3.8, 4) is 0 Å². The summed E-state index contributed by atoms with van der Waals surface area (Å²) >= 11 is 0. The summed E-state index contributed by atoms with van der Waals surface area (Å²) < 4.78 is 0. The lowest BCUT2D eigenvalue weighted by Crippen LogP contribution is -2.42. The van der Waals surface area contributed by atoms with Crippen LogP contribution in [0.1, 0.15) is 35.3 Å². The van der Waals surface area contributed by atoms with Crippen LogP contribution in [-0.2, 0) is 14.4 Å². The first-order valence-electron chi connectivity index (χ1n) is 10.8. The van der Waals surface area contributed by atoms with Crippen molar-refractivity contribution < 1.29 is 19.2 Å². The quantitative estimate of drug-likeness (QED) is 0.528. The van der Waals surface area contributed by atoms with Crippen LogP contribution in [-0.4, -0.2) is 30.2 Å². The van der Waals surface area contributed by atoms with Gasteiger partial charge in [0.25, 0.3) is 5.91 Å². The fraction of sp³-hybridized carbons (Fsp3) is 0.154. The summed E-state index contributed by atoms with van der Waals surface area (Å²) in [4.78, 5) is 50.7. The van der Waals surface area contributed by atoms with Gasteiger partial charge in [0.15, 0.2) is 0 Å². The molecule has 4 amide bonds. The third-order valence-electron chi connectivity index (χ3n) is 5.40. The summed E-state index contributed by atoms with van der Waals surface area (Å²) in [7, 11) is 0. The number of para-hydroxylation sites is 2. The molecule has 0 saturated carbocycles. The van der Waals surface area contributed by atoms with Gasteiger partial charge in [-0.1, -0.05) is 42.5 Å². The van der Waals surface area contributed by atoms with Crippen molar-refractivity contribution in [3.63, 3.8) is 0 Å². The van der Waals surface area contributed by atoms with Gasteiger partial charge in [0.05, 0.1) is 23.8 Å². The molecule has 1 aliphatic rings. The number of rotatable bonds is 6. The number of carbonyl (C=O) groups is 4. The molecule has 8 heteroatoms. The number of hydrogen-bond donors (Lipinski definition) is 3. The van der Waals surface area contributed by atoms with E-state index in [-0.39, 0.29) is 36.6 Å². The molecule has 0 spiro atoms. The minimum Gasteiger partial charge on any atom is -0.349 e. The highest BCUT2D eigenvalue weighted by molar-refractivity contribution is 6.15. The van der Waals surface area contributed by atoms with E-state index in [0.29, 0.717) is 22.6 Å². The molecule has 1 heterocycles. The van der Waals surface area contributed by atoms with Gasteiger partial charge in [-0.3, -0.25) is 24.1 Å². The maximum atomic E-state index is 13.1. The van der Waals surface area contributed by atoms with Crippen molar-refractivity contribution in [2.45, 2.75) is 19.4 Å². The normalized spacial score (nSPS) is 13.3. The van der Waals surface area contributed by atoms with Crippen molar-refractivity contribution in [1.82, 2.24) is 5.32 Å². The molecule has 0 aliphatic carbocycles. The van der Waals surface area contributed by atoms with Crippen LogP contribution in [0.4, 0.5) is 17.1 Å². The number of benzene rings is 3. The highest BCUT2D eigenvalue weighted by atomic mass is 16.2. The maximum Gasteiger partial charge on any atom is 0.258 e. The Morgan fingerprint density at radius 2 is 1.62 bits per heavy atom. The van der Waals surface area contributed by atoms with Crippen LogP contribution in [0.2, 0.25) is 0 Å². The molecular formula is C26H24N4O4. The van der Waals surface area contributed by atoms with Gasteiger partial charge in [-0.15, -0.1) is 0 Å². The van der Waals surface area contributed by atoms with Crippen LogP contribution in [0.5, 0.6) is 0 Å². The summed E-state index contributed by atoms with van der Waals surface area (Å²) in [5, 5.41) is 8.37. The van der Waals surface area contributed by atoms with Crippen molar-refractivity contribution in [2.75, 3.05) is 22.1 Å². The number of hydrogen-bond acceptors (Lipinski definition) is 4. The summed E-state index contributed by atoms with van der Waals surface area (Å²) in [5.74, 6) is -1.07. The number of fused-ring (bicyclic) bond motifs is 1. The second-order valence-electron chi connectivity index (χ2n) is 7.95. The Balaban J connectivity index is 1.43. The maximum absolute atomic E-state index is 13.1. The average molecular weight is 457 g/mol. The fourth-order valence-corrected chi connectivity index (χ4v) is 3.85. The van der Waals surface area contributed by atoms with Crippen LogP contribution in [0.25, 0.3) is 0 Å².